The molecule has 0 fully saturated rings. The van der Waals surface area contributed by atoms with Gasteiger partial charge >= 0.3 is 5.97 Å². The van der Waals surface area contributed by atoms with E-state index in [0.29, 0.717) is 16.9 Å². The standard InChI is InChI=1S/C15H15N3O3/c16-14(19)11-6-7-17-13(8-11)18-9-12(15(20)21)10-4-2-1-3-5-10/h1-8,12H,9H2,(H2,16,19)(H,17,18)(H,20,21). The van der Waals surface area contributed by atoms with Gasteiger partial charge in [0.15, 0.2) is 0 Å². The maximum Gasteiger partial charge on any atom is 0.312 e. The fourth-order valence-electron chi connectivity index (χ4n) is 1.92. The SMILES string of the molecule is NC(=O)c1ccnc(NCC(C(=O)O)c2ccccc2)c1. The van der Waals surface area contributed by atoms with E-state index in [1.54, 1.807) is 24.3 Å². The Balaban J connectivity index is 2.11. The van der Waals surface area contributed by atoms with E-state index < -0.39 is 17.8 Å². The topological polar surface area (TPSA) is 105 Å². The minimum atomic E-state index is -0.931. The summed E-state index contributed by atoms with van der Waals surface area (Å²) >= 11 is 0. The Bertz CT molecular complexity index is 644. The zero-order chi connectivity index (χ0) is 15.2. The van der Waals surface area contributed by atoms with E-state index in [-0.39, 0.29) is 6.54 Å². The molecule has 0 aliphatic rings. The number of nitrogens with one attached hydrogen (secondary N) is 1. The predicted octanol–water partition coefficient (Wildman–Crippen LogP) is 1.46. The molecular weight excluding hydrogens is 270 g/mol. The Labute approximate surface area is 121 Å². The minimum Gasteiger partial charge on any atom is -0.481 e. The number of carbonyl (C=O) groups is 2. The smallest absolute Gasteiger partial charge is 0.312 e. The summed E-state index contributed by atoms with van der Waals surface area (Å²) < 4.78 is 0. The molecule has 0 saturated heterocycles. The van der Waals surface area contributed by atoms with Crippen molar-refractivity contribution in [2.75, 3.05) is 11.9 Å². The molecule has 1 aromatic heterocycles. The number of carboxylic acids is 1. The summed E-state index contributed by atoms with van der Waals surface area (Å²) in [6.07, 6.45) is 1.45. The van der Waals surface area contributed by atoms with E-state index in [0.717, 1.165) is 0 Å². The van der Waals surface area contributed by atoms with E-state index >= 15 is 0 Å². The normalized spacial score (nSPS) is 11.6. The lowest BCUT2D eigenvalue weighted by molar-refractivity contribution is -0.138. The molecule has 4 N–H and O–H groups in total. The van der Waals surface area contributed by atoms with E-state index in [4.69, 9.17) is 5.73 Å². The predicted molar refractivity (Wildman–Crippen MR) is 78.1 cm³/mol. The molecule has 0 spiro atoms. The molecule has 1 unspecified atom stereocenters. The molecular formula is C15H15N3O3. The molecule has 6 heteroatoms. The lowest BCUT2D eigenvalue weighted by Crippen LogP contribution is -2.21. The number of rotatable bonds is 6. The molecule has 1 atom stereocenters. The van der Waals surface area contributed by atoms with Crippen LogP contribution >= 0.6 is 0 Å². The van der Waals surface area contributed by atoms with Gasteiger partial charge in [0.1, 0.15) is 5.82 Å². The maximum atomic E-state index is 11.4. The largest absolute Gasteiger partial charge is 0.481 e. The van der Waals surface area contributed by atoms with Gasteiger partial charge in [-0.25, -0.2) is 4.98 Å². The van der Waals surface area contributed by atoms with Crippen molar-refractivity contribution in [3.63, 3.8) is 0 Å². The van der Waals surface area contributed by atoms with Crippen LogP contribution in [0.2, 0.25) is 0 Å². The molecule has 0 aliphatic carbocycles. The molecule has 6 nitrogen and oxygen atoms in total. The van der Waals surface area contributed by atoms with Crippen molar-refractivity contribution in [1.29, 1.82) is 0 Å². The summed E-state index contributed by atoms with van der Waals surface area (Å²) in [7, 11) is 0. The van der Waals surface area contributed by atoms with E-state index in [9.17, 15) is 14.7 Å². The summed E-state index contributed by atoms with van der Waals surface area (Å²) in [4.78, 5) is 26.5. The third-order valence-corrected chi connectivity index (χ3v) is 3.03. The highest BCUT2D eigenvalue weighted by Crippen LogP contribution is 2.17. The second-order valence-electron chi connectivity index (χ2n) is 4.48. The number of anilines is 1. The summed E-state index contributed by atoms with van der Waals surface area (Å²) in [5.74, 6) is -1.78. The van der Waals surface area contributed by atoms with Crippen molar-refractivity contribution >= 4 is 17.7 Å². The van der Waals surface area contributed by atoms with E-state index in [2.05, 4.69) is 10.3 Å². The third-order valence-electron chi connectivity index (χ3n) is 3.03. The van der Waals surface area contributed by atoms with Gasteiger partial charge in [0, 0.05) is 18.3 Å². The first-order chi connectivity index (χ1) is 10.1. The zero-order valence-corrected chi connectivity index (χ0v) is 11.2. The summed E-state index contributed by atoms with van der Waals surface area (Å²) in [6.45, 7) is 0.161. The van der Waals surface area contributed by atoms with Crippen LogP contribution in [0.4, 0.5) is 5.82 Å². The third kappa shape index (κ3) is 3.79. The number of hydrogen-bond donors (Lipinski definition) is 3. The van der Waals surface area contributed by atoms with Crippen LogP contribution in [0.15, 0.2) is 48.7 Å². The zero-order valence-electron chi connectivity index (χ0n) is 11.2. The lowest BCUT2D eigenvalue weighted by atomic mass is 9.99. The number of nitrogens with two attached hydrogens (primary N) is 1. The first kappa shape index (κ1) is 14.5. The number of hydrogen-bond acceptors (Lipinski definition) is 4. The molecule has 0 saturated carbocycles. The fraction of sp³-hybridized carbons (Fsp3) is 0.133. The Morgan fingerprint density at radius 3 is 2.57 bits per heavy atom. The number of aromatic nitrogens is 1. The average molecular weight is 285 g/mol. The molecule has 0 radical (unpaired) electrons. The number of carbonyl (C=O) groups excluding carboxylic acids is 1. The van der Waals surface area contributed by atoms with E-state index in [1.807, 2.05) is 6.07 Å². The van der Waals surface area contributed by atoms with Gasteiger partial charge in [-0.3, -0.25) is 9.59 Å². The monoisotopic (exact) mass is 285 g/mol. The van der Waals surface area contributed by atoms with Crippen molar-refractivity contribution in [2.45, 2.75) is 5.92 Å². The highest BCUT2D eigenvalue weighted by atomic mass is 16.4. The minimum absolute atomic E-state index is 0.161. The van der Waals surface area contributed by atoms with Crippen LogP contribution in [-0.4, -0.2) is 28.5 Å². The highest BCUT2D eigenvalue weighted by molar-refractivity contribution is 5.93. The maximum absolute atomic E-state index is 11.4. The molecule has 21 heavy (non-hydrogen) atoms. The van der Waals surface area contributed by atoms with Crippen molar-refractivity contribution in [3.05, 3.63) is 59.8 Å². The van der Waals surface area contributed by atoms with Gasteiger partial charge in [-0.15, -0.1) is 0 Å². The van der Waals surface area contributed by atoms with Crippen molar-refractivity contribution in [3.8, 4) is 0 Å². The van der Waals surface area contributed by atoms with Crippen LogP contribution in [0.5, 0.6) is 0 Å². The number of amides is 1. The second kappa shape index (κ2) is 6.51. The van der Waals surface area contributed by atoms with Crippen molar-refractivity contribution < 1.29 is 14.7 Å². The number of aliphatic carboxylic acids is 1. The van der Waals surface area contributed by atoms with Crippen LogP contribution in [0.25, 0.3) is 0 Å². The first-order valence-electron chi connectivity index (χ1n) is 6.35. The Kier molecular flexibility index (Phi) is 4.50. The Hall–Kier alpha value is -2.89. The Morgan fingerprint density at radius 2 is 1.95 bits per heavy atom. The number of benzene rings is 1. The summed E-state index contributed by atoms with van der Waals surface area (Å²) in [5, 5.41) is 12.2. The number of primary amides is 1. The number of nitrogens with zero attached hydrogens (tertiary/aromatic N) is 1. The van der Waals surface area contributed by atoms with E-state index in [1.165, 1.54) is 18.3 Å². The average Bonchev–Trinajstić information content (AvgIpc) is 2.48. The van der Waals surface area contributed by atoms with Crippen LogP contribution in [-0.2, 0) is 4.79 Å². The van der Waals surface area contributed by atoms with Crippen LogP contribution in [0.1, 0.15) is 21.8 Å². The summed E-state index contributed by atoms with van der Waals surface area (Å²) in [6, 6.07) is 11.9. The molecule has 0 bridgehead atoms. The van der Waals surface area contributed by atoms with Gasteiger partial charge in [0.25, 0.3) is 0 Å². The van der Waals surface area contributed by atoms with Crippen molar-refractivity contribution in [2.24, 2.45) is 5.73 Å². The second-order valence-corrected chi connectivity index (χ2v) is 4.48. The quantitative estimate of drug-likeness (QED) is 0.745. The fourth-order valence-corrected chi connectivity index (χ4v) is 1.92. The number of pyridine rings is 1. The molecule has 0 aliphatic heterocycles. The molecule has 2 rings (SSSR count). The molecule has 1 aromatic carbocycles. The van der Waals surface area contributed by atoms with Gasteiger partial charge in [0.2, 0.25) is 5.91 Å². The van der Waals surface area contributed by atoms with Gasteiger partial charge in [-0.1, -0.05) is 30.3 Å². The molecule has 1 heterocycles. The number of carboxylic acid groups (broad SMARTS) is 1. The van der Waals surface area contributed by atoms with Crippen LogP contribution in [0.3, 0.4) is 0 Å². The summed E-state index contributed by atoms with van der Waals surface area (Å²) in [5.41, 5.74) is 6.21. The van der Waals surface area contributed by atoms with Gasteiger partial charge in [0.05, 0.1) is 5.92 Å². The van der Waals surface area contributed by atoms with Gasteiger partial charge in [-0.05, 0) is 17.7 Å². The molecule has 2 aromatic rings. The van der Waals surface area contributed by atoms with Crippen LogP contribution in [0, 0.1) is 0 Å². The van der Waals surface area contributed by atoms with Crippen LogP contribution < -0.4 is 11.1 Å². The van der Waals surface area contributed by atoms with Gasteiger partial charge in [-0.2, -0.15) is 0 Å². The lowest BCUT2D eigenvalue weighted by Gasteiger charge is -2.14. The molecule has 108 valence electrons. The molecule has 1 amide bonds. The van der Waals surface area contributed by atoms with Crippen molar-refractivity contribution in [1.82, 2.24) is 4.98 Å². The van der Waals surface area contributed by atoms with Gasteiger partial charge < -0.3 is 16.2 Å². The highest BCUT2D eigenvalue weighted by Gasteiger charge is 2.19. The first-order valence-corrected chi connectivity index (χ1v) is 6.35. The Morgan fingerprint density at radius 1 is 1.24 bits per heavy atom.